The first kappa shape index (κ1) is 23.7. The molecule has 172 valence electrons. The van der Waals surface area contributed by atoms with Crippen molar-refractivity contribution in [1.29, 1.82) is 0 Å². The molecule has 0 aromatic heterocycles. The second-order valence-corrected chi connectivity index (χ2v) is 9.03. The van der Waals surface area contributed by atoms with Crippen molar-refractivity contribution in [3.63, 3.8) is 0 Å². The number of hydrogen-bond donors (Lipinski definition) is 3. The van der Waals surface area contributed by atoms with Crippen molar-refractivity contribution < 1.29 is 27.5 Å². The van der Waals surface area contributed by atoms with Gasteiger partial charge in [0.05, 0.1) is 29.4 Å². The van der Waals surface area contributed by atoms with Gasteiger partial charge in [-0.15, -0.1) is 0 Å². The smallest absolute Gasteiger partial charge is 0.253 e. The molecule has 9 nitrogen and oxygen atoms in total. The number of hydrogen-bond acceptors (Lipinski definition) is 6. The van der Waals surface area contributed by atoms with E-state index in [1.165, 1.54) is 19.2 Å². The van der Waals surface area contributed by atoms with Crippen LogP contribution in [0, 0.1) is 0 Å². The number of amides is 2. The third kappa shape index (κ3) is 6.52. The van der Waals surface area contributed by atoms with E-state index in [4.69, 9.17) is 9.47 Å². The molecule has 1 unspecified atom stereocenters. The molecule has 10 heteroatoms. The summed E-state index contributed by atoms with van der Waals surface area (Å²) in [5, 5.41) is 5.51. The fourth-order valence-corrected chi connectivity index (χ4v) is 4.28. The lowest BCUT2D eigenvalue weighted by atomic mass is 10.1. The minimum atomic E-state index is -3.75. The fourth-order valence-electron chi connectivity index (χ4n) is 3.25. The van der Waals surface area contributed by atoms with Gasteiger partial charge in [0.2, 0.25) is 15.9 Å². The van der Waals surface area contributed by atoms with Crippen molar-refractivity contribution in [3.05, 3.63) is 54.1 Å². The zero-order valence-corrected chi connectivity index (χ0v) is 18.6. The normalized spacial score (nSPS) is 15.8. The summed E-state index contributed by atoms with van der Waals surface area (Å²) in [6.45, 7) is 1.03. The van der Waals surface area contributed by atoms with Gasteiger partial charge in [-0.2, -0.15) is 0 Å². The average Bonchev–Trinajstić information content (AvgIpc) is 3.31. The number of carbonyl (C=O) groups is 2. The molecule has 1 aliphatic heterocycles. The Labute approximate surface area is 187 Å². The van der Waals surface area contributed by atoms with E-state index < -0.39 is 15.9 Å². The Hall–Kier alpha value is -2.95. The summed E-state index contributed by atoms with van der Waals surface area (Å²) in [6, 6.07) is 12.6. The van der Waals surface area contributed by atoms with Crippen LogP contribution in [0.4, 0.5) is 5.69 Å². The van der Waals surface area contributed by atoms with Gasteiger partial charge < -0.3 is 20.1 Å². The highest BCUT2D eigenvalue weighted by Gasteiger charge is 2.19. The molecule has 0 saturated carbocycles. The molecule has 2 aromatic rings. The third-order valence-electron chi connectivity index (χ3n) is 4.97. The van der Waals surface area contributed by atoms with Crippen molar-refractivity contribution >= 4 is 27.5 Å². The van der Waals surface area contributed by atoms with E-state index in [1.807, 2.05) is 0 Å². The SMILES string of the molecule is COc1ccc(S(=O)(=O)NCCC(=O)Nc2ccccc2C(=O)NCC2CCCO2)cc1. The minimum Gasteiger partial charge on any atom is -0.497 e. The monoisotopic (exact) mass is 461 g/mol. The van der Waals surface area contributed by atoms with Crippen LogP contribution >= 0.6 is 0 Å². The summed E-state index contributed by atoms with van der Waals surface area (Å²) in [6.07, 6.45) is 1.81. The van der Waals surface area contributed by atoms with Crippen molar-refractivity contribution in [2.75, 3.05) is 32.1 Å². The van der Waals surface area contributed by atoms with Crippen LogP contribution in [-0.4, -0.2) is 53.1 Å². The molecule has 0 spiro atoms. The first-order valence-electron chi connectivity index (χ1n) is 10.3. The van der Waals surface area contributed by atoms with E-state index in [9.17, 15) is 18.0 Å². The van der Waals surface area contributed by atoms with Gasteiger partial charge in [-0.25, -0.2) is 13.1 Å². The van der Waals surface area contributed by atoms with Crippen LogP contribution in [0.15, 0.2) is 53.4 Å². The predicted octanol–water partition coefficient (Wildman–Crippen LogP) is 1.91. The Kier molecular flexibility index (Phi) is 8.20. The summed E-state index contributed by atoms with van der Waals surface area (Å²) in [5.41, 5.74) is 0.693. The van der Waals surface area contributed by atoms with Crippen LogP contribution < -0.4 is 20.1 Å². The standard InChI is InChI=1S/C22H27N3O6S/c1-30-16-8-10-18(11-9-16)32(28,29)24-13-12-21(26)25-20-7-3-2-6-19(20)22(27)23-15-17-5-4-14-31-17/h2-3,6-11,17,24H,4-5,12-15H2,1H3,(H,23,27)(H,25,26). The molecule has 0 aliphatic carbocycles. The quantitative estimate of drug-likeness (QED) is 0.497. The van der Waals surface area contributed by atoms with E-state index in [0.29, 0.717) is 30.2 Å². The highest BCUT2D eigenvalue weighted by molar-refractivity contribution is 7.89. The summed E-state index contributed by atoms with van der Waals surface area (Å²) in [4.78, 5) is 25.0. The molecular weight excluding hydrogens is 434 g/mol. The number of benzene rings is 2. The molecular formula is C22H27N3O6S. The molecule has 32 heavy (non-hydrogen) atoms. The Morgan fingerprint density at radius 1 is 1.12 bits per heavy atom. The van der Waals surface area contributed by atoms with Crippen LogP contribution in [-0.2, 0) is 19.6 Å². The second kappa shape index (κ2) is 11.1. The molecule has 2 amide bonds. The second-order valence-electron chi connectivity index (χ2n) is 7.26. The number of sulfonamides is 1. The van der Waals surface area contributed by atoms with Crippen LogP contribution in [0.1, 0.15) is 29.6 Å². The van der Waals surface area contributed by atoms with Gasteiger partial charge in [0.15, 0.2) is 0 Å². The first-order chi connectivity index (χ1) is 15.4. The highest BCUT2D eigenvalue weighted by Crippen LogP contribution is 2.17. The van der Waals surface area contributed by atoms with Gasteiger partial charge in [0, 0.05) is 26.1 Å². The molecule has 0 radical (unpaired) electrons. The average molecular weight is 462 g/mol. The summed E-state index contributed by atoms with van der Waals surface area (Å²) < 4.78 is 37.6. The lowest BCUT2D eigenvalue weighted by Gasteiger charge is -2.14. The first-order valence-corrected chi connectivity index (χ1v) is 11.8. The van der Waals surface area contributed by atoms with Gasteiger partial charge in [-0.1, -0.05) is 12.1 Å². The Balaban J connectivity index is 1.51. The van der Waals surface area contributed by atoms with E-state index in [-0.39, 0.29) is 29.9 Å². The van der Waals surface area contributed by atoms with Crippen LogP contribution in [0.3, 0.4) is 0 Å². The molecule has 3 rings (SSSR count). The van der Waals surface area contributed by atoms with Crippen molar-refractivity contribution in [3.8, 4) is 5.75 Å². The number of anilines is 1. The third-order valence-corrected chi connectivity index (χ3v) is 6.45. The van der Waals surface area contributed by atoms with Gasteiger partial charge in [-0.05, 0) is 49.2 Å². The summed E-state index contributed by atoms with van der Waals surface area (Å²) >= 11 is 0. The molecule has 1 fully saturated rings. The van der Waals surface area contributed by atoms with Gasteiger partial charge in [-0.3, -0.25) is 9.59 Å². The number of ether oxygens (including phenoxy) is 2. The fraction of sp³-hybridized carbons (Fsp3) is 0.364. The van der Waals surface area contributed by atoms with Crippen molar-refractivity contribution in [2.24, 2.45) is 0 Å². The maximum atomic E-state index is 12.5. The maximum Gasteiger partial charge on any atom is 0.253 e. The number of nitrogens with one attached hydrogen (secondary N) is 3. The molecule has 1 heterocycles. The highest BCUT2D eigenvalue weighted by atomic mass is 32.2. The zero-order chi connectivity index (χ0) is 23.0. The Morgan fingerprint density at radius 3 is 2.56 bits per heavy atom. The van der Waals surface area contributed by atoms with E-state index >= 15 is 0 Å². The van der Waals surface area contributed by atoms with Crippen molar-refractivity contribution in [1.82, 2.24) is 10.0 Å². The summed E-state index contributed by atoms with van der Waals surface area (Å²) in [7, 11) is -2.26. The maximum absolute atomic E-state index is 12.5. The zero-order valence-electron chi connectivity index (χ0n) is 17.8. The van der Waals surface area contributed by atoms with Gasteiger partial charge >= 0.3 is 0 Å². The largest absolute Gasteiger partial charge is 0.497 e. The Bertz CT molecular complexity index is 1030. The van der Waals surface area contributed by atoms with E-state index in [2.05, 4.69) is 15.4 Å². The topological polar surface area (TPSA) is 123 Å². The summed E-state index contributed by atoms with van der Waals surface area (Å²) in [5.74, 6) is -0.180. The lowest BCUT2D eigenvalue weighted by molar-refractivity contribution is -0.116. The lowest BCUT2D eigenvalue weighted by Crippen LogP contribution is -2.32. The van der Waals surface area contributed by atoms with Gasteiger partial charge in [0.25, 0.3) is 5.91 Å². The Morgan fingerprint density at radius 2 is 1.88 bits per heavy atom. The van der Waals surface area contributed by atoms with E-state index in [1.54, 1.807) is 36.4 Å². The molecule has 0 bridgehead atoms. The minimum absolute atomic E-state index is 0.0134. The predicted molar refractivity (Wildman–Crippen MR) is 119 cm³/mol. The molecule has 2 aromatic carbocycles. The number of rotatable bonds is 10. The number of para-hydroxylation sites is 1. The van der Waals surface area contributed by atoms with Crippen LogP contribution in [0.5, 0.6) is 5.75 Å². The van der Waals surface area contributed by atoms with Crippen LogP contribution in [0.2, 0.25) is 0 Å². The molecule has 1 atom stereocenters. The van der Waals surface area contributed by atoms with Gasteiger partial charge in [0.1, 0.15) is 5.75 Å². The van der Waals surface area contributed by atoms with Crippen LogP contribution in [0.25, 0.3) is 0 Å². The molecule has 1 saturated heterocycles. The van der Waals surface area contributed by atoms with Crippen molar-refractivity contribution in [2.45, 2.75) is 30.3 Å². The number of carbonyl (C=O) groups excluding carboxylic acids is 2. The molecule has 1 aliphatic rings. The van der Waals surface area contributed by atoms with E-state index in [0.717, 1.165) is 12.8 Å². The number of methoxy groups -OCH3 is 1. The molecule has 3 N–H and O–H groups in total.